The quantitative estimate of drug-likeness (QED) is 0.141. The average molecular weight is 503 g/mol. The molecule has 2 unspecified atom stereocenters. The highest BCUT2D eigenvalue weighted by molar-refractivity contribution is 7.86. The van der Waals surface area contributed by atoms with Gasteiger partial charge in [0.25, 0.3) is 20.2 Å². The van der Waals surface area contributed by atoms with Crippen molar-refractivity contribution in [2.45, 2.75) is 78.1 Å². The fourth-order valence-corrected chi connectivity index (χ4v) is 5.24. The molecule has 0 fully saturated rings. The average Bonchev–Trinajstić information content (AvgIpc) is 2.65. The summed E-state index contributed by atoms with van der Waals surface area (Å²) < 4.78 is 64.5. The minimum atomic E-state index is -3.96. The summed E-state index contributed by atoms with van der Waals surface area (Å²) in [5.41, 5.74) is 0. The number of likely N-dealkylation sites (N-methyl/N-ethyl adjacent to an activating group) is 2. The SMILES string of the molecule is CCCCCC[N+](C)(CCCS(=O)(=O)O)CC[N+](C)(CCCCCC)CCCS(=O)(=O)O. The van der Waals surface area contributed by atoms with Crippen LogP contribution in [-0.4, -0.2) is 99.8 Å². The van der Waals surface area contributed by atoms with E-state index in [1.54, 1.807) is 0 Å². The topological polar surface area (TPSA) is 109 Å². The van der Waals surface area contributed by atoms with E-state index in [4.69, 9.17) is 9.11 Å². The number of rotatable bonds is 21. The molecule has 0 aliphatic carbocycles. The summed E-state index contributed by atoms with van der Waals surface area (Å²) in [6.07, 6.45) is 10.0. The molecule has 0 aliphatic rings. The Balaban J connectivity index is 5.14. The van der Waals surface area contributed by atoms with E-state index in [-0.39, 0.29) is 11.5 Å². The van der Waals surface area contributed by atoms with Crippen LogP contribution in [0.2, 0.25) is 0 Å². The summed E-state index contributed by atoms with van der Waals surface area (Å²) >= 11 is 0. The smallest absolute Gasteiger partial charge is 0.265 e. The maximum absolute atomic E-state index is 11.2. The van der Waals surface area contributed by atoms with Crippen molar-refractivity contribution < 1.29 is 34.9 Å². The van der Waals surface area contributed by atoms with Gasteiger partial charge in [0.05, 0.1) is 51.8 Å². The zero-order chi connectivity index (χ0) is 24.7. The van der Waals surface area contributed by atoms with Crippen LogP contribution in [0.3, 0.4) is 0 Å². The third-order valence-electron chi connectivity index (χ3n) is 6.48. The van der Waals surface area contributed by atoms with Crippen LogP contribution in [0.5, 0.6) is 0 Å². The Hall–Kier alpha value is -0.260. The molecule has 0 saturated carbocycles. The molecule has 0 aliphatic heterocycles. The van der Waals surface area contributed by atoms with Gasteiger partial charge < -0.3 is 8.97 Å². The Morgan fingerprint density at radius 3 is 1.09 bits per heavy atom. The molecule has 0 spiro atoms. The Morgan fingerprint density at radius 2 is 0.812 bits per heavy atom. The Morgan fingerprint density at radius 1 is 0.500 bits per heavy atom. The fraction of sp³-hybridized carbons (Fsp3) is 1.00. The molecule has 0 radical (unpaired) electrons. The summed E-state index contributed by atoms with van der Waals surface area (Å²) in [6, 6.07) is 0. The maximum atomic E-state index is 11.2. The standard InChI is InChI=1S/C22H48N2O6S2/c1-5-7-9-11-15-23(3,17-13-21-31(25,26)27)19-20-24(4,16-12-10-8-6-2)18-14-22-32(28,29)30/h5-22H2,1-4H3/p+2. The van der Waals surface area contributed by atoms with Crippen LogP contribution in [0.4, 0.5) is 0 Å². The molecule has 32 heavy (non-hydrogen) atoms. The second kappa shape index (κ2) is 15.6. The summed E-state index contributed by atoms with van der Waals surface area (Å²) in [7, 11) is -3.59. The van der Waals surface area contributed by atoms with E-state index in [1.807, 2.05) is 0 Å². The van der Waals surface area contributed by atoms with Crippen molar-refractivity contribution in [3.05, 3.63) is 0 Å². The van der Waals surface area contributed by atoms with E-state index in [0.29, 0.717) is 25.9 Å². The molecule has 194 valence electrons. The van der Waals surface area contributed by atoms with Crippen molar-refractivity contribution in [1.82, 2.24) is 0 Å². The van der Waals surface area contributed by atoms with Gasteiger partial charge in [0.15, 0.2) is 0 Å². The molecule has 0 amide bonds. The zero-order valence-corrected chi connectivity index (χ0v) is 22.6. The molecule has 10 heteroatoms. The lowest BCUT2D eigenvalue weighted by Gasteiger charge is -2.40. The summed E-state index contributed by atoms with van der Waals surface area (Å²) in [4.78, 5) is 0. The lowest BCUT2D eigenvalue weighted by Crippen LogP contribution is -2.56. The fourth-order valence-electron chi connectivity index (χ4n) is 4.25. The minimum absolute atomic E-state index is 0.215. The van der Waals surface area contributed by atoms with Gasteiger partial charge in [0.2, 0.25) is 0 Å². The zero-order valence-electron chi connectivity index (χ0n) is 21.0. The highest BCUT2D eigenvalue weighted by atomic mass is 32.2. The van der Waals surface area contributed by atoms with Crippen LogP contribution in [0.25, 0.3) is 0 Å². The molecule has 0 aromatic carbocycles. The molecule has 0 aromatic heterocycles. The second-order valence-corrected chi connectivity index (χ2v) is 13.1. The van der Waals surface area contributed by atoms with E-state index >= 15 is 0 Å². The monoisotopic (exact) mass is 502 g/mol. The third kappa shape index (κ3) is 18.2. The van der Waals surface area contributed by atoms with Crippen LogP contribution >= 0.6 is 0 Å². The molecule has 0 rings (SSSR count). The first-order valence-electron chi connectivity index (χ1n) is 12.3. The molecular formula is C22H50N2O6S2+2. The number of hydrogen-bond acceptors (Lipinski definition) is 4. The van der Waals surface area contributed by atoms with E-state index in [2.05, 4.69) is 27.9 Å². The van der Waals surface area contributed by atoms with Crippen LogP contribution in [-0.2, 0) is 20.2 Å². The largest absolute Gasteiger partial charge is 0.321 e. The van der Waals surface area contributed by atoms with Crippen molar-refractivity contribution in [3.8, 4) is 0 Å². The molecule has 0 heterocycles. The van der Waals surface area contributed by atoms with Gasteiger partial charge in [-0.2, -0.15) is 16.8 Å². The summed E-state index contributed by atoms with van der Waals surface area (Å²) in [5.74, 6) is -0.430. The number of nitrogens with zero attached hydrogens (tertiary/aromatic N) is 2. The van der Waals surface area contributed by atoms with Gasteiger partial charge in [-0.1, -0.05) is 39.5 Å². The lowest BCUT2D eigenvalue weighted by molar-refractivity contribution is -0.964. The van der Waals surface area contributed by atoms with Crippen molar-refractivity contribution in [2.24, 2.45) is 0 Å². The number of hydrogen-bond donors (Lipinski definition) is 2. The predicted molar refractivity (Wildman–Crippen MR) is 132 cm³/mol. The summed E-state index contributed by atoms with van der Waals surface area (Å²) in [5, 5.41) is 0. The van der Waals surface area contributed by atoms with Crippen LogP contribution < -0.4 is 0 Å². The van der Waals surface area contributed by atoms with Crippen molar-refractivity contribution in [1.29, 1.82) is 0 Å². The minimum Gasteiger partial charge on any atom is -0.321 e. The molecule has 8 nitrogen and oxygen atoms in total. The molecule has 0 aromatic rings. The van der Waals surface area contributed by atoms with Gasteiger partial charge in [-0.25, -0.2) is 0 Å². The highest BCUT2D eigenvalue weighted by Gasteiger charge is 2.29. The van der Waals surface area contributed by atoms with Gasteiger partial charge in [0, 0.05) is 12.8 Å². The number of quaternary nitrogens is 2. The van der Waals surface area contributed by atoms with E-state index in [1.165, 1.54) is 12.8 Å². The Kier molecular flexibility index (Phi) is 15.5. The highest BCUT2D eigenvalue weighted by Crippen LogP contribution is 2.15. The van der Waals surface area contributed by atoms with E-state index < -0.39 is 20.2 Å². The molecule has 0 bridgehead atoms. The maximum Gasteiger partial charge on any atom is 0.265 e. The first kappa shape index (κ1) is 31.7. The van der Waals surface area contributed by atoms with Crippen LogP contribution in [0, 0.1) is 0 Å². The Labute approximate surface area is 198 Å². The molecular weight excluding hydrogens is 452 g/mol. The first-order chi connectivity index (χ1) is 14.7. The Bertz CT molecular complexity index is 639. The van der Waals surface area contributed by atoms with Gasteiger partial charge in [0.1, 0.15) is 13.1 Å². The number of unbranched alkanes of at least 4 members (excludes halogenated alkanes) is 6. The van der Waals surface area contributed by atoms with E-state index in [9.17, 15) is 16.8 Å². The summed E-state index contributed by atoms with van der Waals surface area (Å²) in [6.45, 7) is 9.39. The van der Waals surface area contributed by atoms with E-state index in [0.717, 1.165) is 73.7 Å². The second-order valence-electron chi connectivity index (χ2n) is 9.98. The van der Waals surface area contributed by atoms with Gasteiger partial charge in [-0.3, -0.25) is 9.11 Å². The lowest BCUT2D eigenvalue weighted by atomic mass is 10.1. The molecule has 2 N–H and O–H groups in total. The van der Waals surface area contributed by atoms with Crippen molar-refractivity contribution in [3.63, 3.8) is 0 Å². The van der Waals surface area contributed by atoms with Crippen LogP contribution in [0.1, 0.15) is 78.1 Å². The molecule has 0 saturated heterocycles. The third-order valence-corrected chi connectivity index (χ3v) is 8.09. The van der Waals surface area contributed by atoms with Crippen molar-refractivity contribution in [2.75, 3.05) is 64.9 Å². The first-order valence-corrected chi connectivity index (χ1v) is 15.5. The normalized spacial score (nSPS) is 16.6. The van der Waals surface area contributed by atoms with Gasteiger partial charge in [-0.15, -0.1) is 0 Å². The van der Waals surface area contributed by atoms with Crippen molar-refractivity contribution >= 4 is 20.2 Å². The predicted octanol–water partition coefficient (Wildman–Crippen LogP) is 3.60. The van der Waals surface area contributed by atoms with Gasteiger partial charge >= 0.3 is 0 Å². The van der Waals surface area contributed by atoms with Gasteiger partial charge in [-0.05, 0) is 25.7 Å². The molecule has 2 atom stereocenters. The van der Waals surface area contributed by atoms with Crippen LogP contribution in [0.15, 0.2) is 0 Å².